The van der Waals surface area contributed by atoms with Gasteiger partial charge < -0.3 is 10.6 Å². The van der Waals surface area contributed by atoms with Gasteiger partial charge in [-0.2, -0.15) is 0 Å². The first kappa shape index (κ1) is 11.5. The summed E-state index contributed by atoms with van der Waals surface area (Å²) in [6, 6.07) is 0. The van der Waals surface area contributed by atoms with Gasteiger partial charge in [-0.15, -0.1) is 0 Å². The third kappa shape index (κ3) is 1.92. The van der Waals surface area contributed by atoms with E-state index in [4.69, 9.17) is 5.73 Å². The van der Waals surface area contributed by atoms with Crippen LogP contribution in [0.15, 0.2) is 0 Å². The Morgan fingerprint density at radius 2 is 1.79 bits per heavy atom. The lowest BCUT2D eigenvalue weighted by molar-refractivity contribution is -0.148. The van der Waals surface area contributed by atoms with Gasteiger partial charge in [-0.25, -0.2) is 0 Å². The van der Waals surface area contributed by atoms with Crippen LogP contribution in [0.25, 0.3) is 0 Å². The minimum Gasteiger partial charge on any atom is -0.338 e. The van der Waals surface area contributed by atoms with E-state index < -0.39 is 0 Å². The van der Waals surface area contributed by atoms with E-state index in [2.05, 4.69) is 13.8 Å². The van der Waals surface area contributed by atoms with Crippen LogP contribution in [-0.4, -0.2) is 29.4 Å². The van der Waals surface area contributed by atoms with Gasteiger partial charge in [0.2, 0.25) is 5.91 Å². The molecule has 1 amide bonds. The van der Waals surface area contributed by atoms with Crippen molar-refractivity contribution in [2.75, 3.05) is 13.1 Å². The molecule has 82 valence electrons. The van der Waals surface area contributed by atoms with Crippen molar-refractivity contribution >= 4 is 5.91 Å². The van der Waals surface area contributed by atoms with Gasteiger partial charge in [-0.3, -0.25) is 4.79 Å². The second kappa shape index (κ2) is 3.23. The number of nitrogens with zero attached hydrogens (tertiary/aromatic N) is 1. The molecule has 0 saturated carbocycles. The molecule has 3 nitrogen and oxygen atoms in total. The molecule has 0 atom stereocenters. The van der Waals surface area contributed by atoms with Gasteiger partial charge in [0.1, 0.15) is 0 Å². The van der Waals surface area contributed by atoms with Gasteiger partial charge in [0, 0.05) is 18.5 Å². The molecule has 2 N–H and O–H groups in total. The highest BCUT2D eigenvalue weighted by molar-refractivity contribution is 5.82. The normalized spacial score (nSPS) is 20.9. The highest BCUT2D eigenvalue weighted by atomic mass is 16.2. The van der Waals surface area contributed by atoms with Crippen molar-refractivity contribution in [2.24, 2.45) is 17.1 Å². The molecular formula is C11H22N2O. The molecule has 1 aliphatic rings. The maximum absolute atomic E-state index is 11.8. The highest BCUT2D eigenvalue weighted by Crippen LogP contribution is 2.30. The Kier molecular flexibility index (Phi) is 2.65. The molecule has 0 aliphatic carbocycles. The molecule has 0 aromatic rings. The summed E-state index contributed by atoms with van der Waals surface area (Å²) in [5.41, 5.74) is 5.69. The fourth-order valence-electron chi connectivity index (χ4n) is 1.65. The van der Waals surface area contributed by atoms with Crippen LogP contribution in [0, 0.1) is 11.3 Å². The Labute approximate surface area is 86.6 Å². The third-order valence-electron chi connectivity index (χ3n) is 3.05. The van der Waals surface area contributed by atoms with Crippen LogP contribution in [0.2, 0.25) is 0 Å². The first-order valence-electron chi connectivity index (χ1n) is 5.25. The Hall–Kier alpha value is -0.570. The number of likely N-dealkylation sites (tertiary alicyclic amines) is 1. The first-order chi connectivity index (χ1) is 6.17. The number of nitrogens with two attached hydrogens (primary N) is 1. The Balaban J connectivity index is 2.54. The Bertz CT molecular complexity index is 234. The highest BCUT2D eigenvalue weighted by Gasteiger charge is 2.46. The summed E-state index contributed by atoms with van der Waals surface area (Å²) < 4.78 is 0. The number of carbonyl (C=O) groups is 1. The summed E-state index contributed by atoms with van der Waals surface area (Å²) >= 11 is 0. The van der Waals surface area contributed by atoms with E-state index in [9.17, 15) is 4.79 Å². The summed E-state index contributed by atoms with van der Waals surface area (Å²) in [6.07, 6.45) is 0. The maximum Gasteiger partial charge on any atom is 0.228 e. The van der Waals surface area contributed by atoms with Crippen LogP contribution >= 0.6 is 0 Å². The van der Waals surface area contributed by atoms with Gasteiger partial charge in [-0.05, 0) is 5.92 Å². The molecule has 0 unspecified atom stereocenters. The fourth-order valence-corrected chi connectivity index (χ4v) is 1.65. The van der Waals surface area contributed by atoms with E-state index in [-0.39, 0.29) is 16.9 Å². The lowest BCUT2D eigenvalue weighted by Crippen LogP contribution is -2.72. The third-order valence-corrected chi connectivity index (χ3v) is 3.05. The first-order valence-corrected chi connectivity index (χ1v) is 5.25. The number of hydrogen-bond donors (Lipinski definition) is 1. The van der Waals surface area contributed by atoms with Gasteiger partial charge in [0.25, 0.3) is 0 Å². The lowest BCUT2D eigenvalue weighted by Gasteiger charge is -2.51. The Morgan fingerprint density at radius 3 is 2.07 bits per heavy atom. The summed E-state index contributed by atoms with van der Waals surface area (Å²) in [6.45, 7) is 11.5. The van der Waals surface area contributed by atoms with E-state index in [1.807, 2.05) is 25.7 Å². The SMILES string of the molecule is CC(C)C1(N)CN(C(=O)C(C)(C)C)C1. The van der Waals surface area contributed by atoms with Gasteiger partial charge in [0.05, 0.1) is 5.54 Å². The zero-order chi connectivity index (χ0) is 11.1. The summed E-state index contributed by atoms with van der Waals surface area (Å²) in [5, 5.41) is 0. The van der Waals surface area contributed by atoms with Crippen LogP contribution < -0.4 is 5.73 Å². The van der Waals surface area contributed by atoms with Crippen molar-refractivity contribution in [1.82, 2.24) is 4.90 Å². The van der Waals surface area contributed by atoms with Crippen molar-refractivity contribution in [1.29, 1.82) is 0 Å². The van der Waals surface area contributed by atoms with Crippen LogP contribution in [0.4, 0.5) is 0 Å². The molecule has 0 aromatic heterocycles. The molecule has 1 saturated heterocycles. The van der Waals surface area contributed by atoms with Crippen molar-refractivity contribution in [3.63, 3.8) is 0 Å². The van der Waals surface area contributed by atoms with E-state index >= 15 is 0 Å². The molecule has 0 bridgehead atoms. The molecule has 1 heterocycles. The molecule has 1 aliphatic heterocycles. The summed E-state index contributed by atoms with van der Waals surface area (Å²) in [4.78, 5) is 13.7. The van der Waals surface area contributed by atoms with Crippen LogP contribution in [0.5, 0.6) is 0 Å². The summed E-state index contributed by atoms with van der Waals surface area (Å²) in [5.74, 6) is 0.644. The van der Waals surface area contributed by atoms with Crippen molar-refractivity contribution in [2.45, 2.75) is 40.2 Å². The number of hydrogen-bond acceptors (Lipinski definition) is 2. The zero-order valence-electron chi connectivity index (χ0n) is 9.92. The lowest BCUT2D eigenvalue weighted by atomic mass is 9.78. The minimum absolute atomic E-state index is 0.152. The molecule has 1 rings (SSSR count). The molecule has 3 heteroatoms. The summed E-state index contributed by atoms with van der Waals surface area (Å²) in [7, 11) is 0. The van der Waals surface area contributed by atoms with Crippen molar-refractivity contribution in [3.05, 3.63) is 0 Å². The fraction of sp³-hybridized carbons (Fsp3) is 0.909. The van der Waals surface area contributed by atoms with Crippen molar-refractivity contribution < 1.29 is 4.79 Å². The predicted molar refractivity (Wildman–Crippen MR) is 57.8 cm³/mol. The van der Waals surface area contributed by atoms with Gasteiger partial charge >= 0.3 is 0 Å². The molecule has 0 spiro atoms. The predicted octanol–water partition coefficient (Wildman–Crippen LogP) is 1.23. The second-order valence-electron chi connectivity index (χ2n) is 5.80. The Morgan fingerprint density at radius 1 is 1.36 bits per heavy atom. The monoisotopic (exact) mass is 198 g/mol. The second-order valence-corrected chi connectivity index (χ2v) is 5.80. The maximum atomic E-state index is 11.8. The quantitative estimate of drug-likeness (QED) is 0.689. The van der Waals surface area contributed by atoms with E-state index in [1.54, 1.807) is 0 Å². The standard InChI is InChI=1S/C11H22N2O/c1-8(2)11(12)6-13(7-11)9(14)10(3,4)5/h8H,6-7,12H2,1-5H3. The van der Waals surface area contributed by atoms with E-state index in [0.29, 0.717) is 19.0 Å². The van der Waals surface area contributed by atoms with Crippen LogP contribution in [0.1, 0.15) is 34.6 Å². The minimum atomic E-state index is -0.279. The number of carbonyl (C=O) groups excluding carboxylic acids is 1. The van der Waals surface area contributed by atoms with Gasteiger partial charge in [0.15, 0.2) is 0 Å². The molecular weight excluding hydrogens is 176 g/mol. The zero-order valence-corrected chi connectivity index (χ0v) is 9.92. The largest absolute Gasteiger partial charge is 0.338 e. The molecule has 0 aromatic carbocycles. The van der Waals surface area contributed by atoms with Gasteiger partial charge in [-0.1, -0.05) is 34.6 Å². The average Bonchev–Trinajstić information content (AvgIpc) is 1.95. The molecule has 1 fully saturated rings. The van der Waals surface area contributed by atoms with E-state index in [1.165, 1.54) is 0 Å². The van der Waals surface area contributed by atoms with Crippen LogP contribution in [-0.2, 0) is 4.79 Å². The molecule has 14 heavy (non-hydrogen) atoms. The van der Waals surface area contributed by atoms with Crippen molar-refractivity contribution in [3.8, 4) is 0 Å². The number of rotatable bonds is 1. The topological polar surface area (TPSA) is 46.3 Å². The molecule has 0 radical (unpaired) electrons. The smallest absolute Gasteiger partial charge is 0.228 e. The van der Waals surface area contributed by atoms with E-state index in [0.717, 1.165) is 0 Å². The average molecular weight is 198 g/mol. The van der Waals surface area contributed by atoms with Crippen LogP contribution in [0.3, 0.4) is 0 Å². The number of amides is 1.